The summed E-state index contributed by atoms with van der Waals surface area (Å²) in [5.41, 5.74) is 2.04. The van der Waals surface area contributed by atoms with Crippen LogP contribution in [0.25, 0.3) is 11.8 Å². The number of hydrogen-bond acceptors (Lipinski definition) is 3. The Hall–Kier alpha value is -1.12. The van der Waals surface area contributed by atoms with E-state index in [9.17, 15) is 4.79 Å². The number of halogens is 1. The Labute approximate surface area is 152 Å². The van der Waals surface area contributed by atoms with Crippen LogP contribution in [-0.4, -0.2) is 26.2 Å². The van der Waals surface area contributed by atoms with E-state index in [1.54, 1.807) is 4.90 Å². The van der Waals surface area contributed by atoms with Crippen LogP contribution in [0.5, 0.6) is 0 Å². The van der Waals surface area contributed by atoms with Gasteiger partial charge in [-0.3, -0.25) is 9.69 Å². The molecule has 0 N–H and O–H groups in total. The quantitative estimate of drug-likeness (QED) is 0.404. The molecule has 1 aliphatic heterocycles. The van der Waals surface area contributed by atoms with Crippen LogP contribution in [0.4, 0.5) is 0 Å². The first-order chi connectivity index (χ1) is 10.6. The zero-order chi connectivity index (χ0) is 15.7. The number of rotatable bonds is 3. The van der Waals surface area contributed by atoms with Crippen molar-refractivity contribution in [3.63, 3.8) is 0 Å². The van der Waals surface area contributed by atoms with Gasteiger partial charge in [-0.1, -0.05) is 24.0 Å². The van der Waals surface area contributed by atoms with Crippen LogP contribution >= 0.6 is 46.6 Å². The highest BCUT2D eigenvalue weighted by atomic mass is 127. The van der Waals surface area contributed by atoms with E-state index in [1.165, 1.54) is 15.3 Å². The average Bonchev–Trinajstić information content (AvgIpc) is 3.06. The van der Waals surface area contributed by atoms with Crippen molar-refractivity contribution in [3.05, 3.63) is 56.8 Å². The minimum absolute atomic E-state index is 0.00661. The summed E-state index contributed by atoms with van der Waals surface area (Å²) in [5.74, 6) is -0.00661. The van der Waals surface area contributed by atoms with Crippen LogP contribution in [0.1, 0.15) is 12.6 Å². The summed E-state index contributed by atoms with van der Waals surface area (Å²) >= 11 is 8.90. The van der Waals surface area contributed by atoms with Crippen LogP contribution in [0.2, 0.25) is 0 Å². The van der Waals surface area contributed by atoms with Gasteiger partial charge in [0.05, 0.1) is 4.91 Å². The van der Waals surface area contributed by atoms with Gasteiger partial charge < -0.3 is 4.57 Å². The first kappa shape index (κ1) is 15.8. The fourth-order valence-electron chi connectivity index (χ4n) is 2.26. The standard InChI is InChI=1S/C16H13IN2OS2/c1-2-18-15(20)14(22-16(18)21)10-13-4-3-9-19(13)12-7-5-11(17)6-8-12/h3-10H,2H2,1H3/b14-10-. The van der Waals surface area contributed by atoms with Crippen LogP contribution in [0.3, 0.4) is 0 Å². The normalized spacial score (nSPS) is 16.8. The fourth-order valence-corrected chi connectivity index (χ4v) is 3.98. The Morgan fingerprint density at radius 1 is 1.27 bits per heavy atom. The van der Waals surface area contributed by atoms with E-state index in [1.807, 2.05) is 31.3 Å². The summed E-state index contributed by atoms with van der Waals surface area (Å²) < 4.78 is 3.89. The molecule has 3 rings (SSSR count). The van der Waals surface area contributed by atoms with Crippen LogP contribution in [0, 0.1) is 3.57 Å². The molecule has 0 radical (unpaired) electrons. The van der Waals surface area contributed by atoms with E-state index in [0.29, 0.717) is 15.8 Å². The lowest BCUT2D eigenvalue weighted by molar-refractivity contribution is -0.121. The third-order valence-corrected chi connectivity index (χ3v) is 5.45. The minimum Gasteiger partial charge on any atom is -0.317 e. The molecule has 2 heterocycles. The summed E-state index contributed by atoms with van der Waals surface area (Å²) in [6, 6.07) is 12.2. The fraction of sp³-hybridized carbons (Fsp3) is 0.125. The third kappa shape index (κ3) is 3.00. The maximum atomic E-state index is 12.3. The Kier molecular flexibility index (Phi) is 4.70. The molecule has 0 atom stereocenters. The highest BCUT2D eigenvalue weighted by Gasteiger charge is 2.30. The van der Waals surface area contributed by atoms with Gasteiger partial charge in [-0.05, 0) is 72.0 Å². The summed E-state index contributed by atoms with van der Waals surface area (Å²) in [7, 11) is 0. The largest absolute Gasteiger partial charge is 0.317 e. The van der Waals surface area contributed by atoms with E-state index in [4.69, 9.17) is 12.2 Å². The van der Waals surface area contributed by atoms with Gasteiger partial charge in [0.15, 0.2) is 0 Å². The molecule has 1 aliphatic rings. The molecule has 0 unspecified atom stereocenters. The number of nitrogens with zero attached hydrogens (tertiary/aromatic N) is 2. The van der Waals surface area contributed by atoms with Gasteiger partial charge in [-0.25, -0.2) is 0 Å². The number of benzene rings is 1. The first-order valence-corrected chi connectivity index (χ1v) is 9.09. The molecule has 1 amide bonds. The molecule has 22 heavy (non-hydrogen) atoms. The van der Waals surface area contributed by atoms with Crippen molar-refractivity contribution in [2.45, 2.75) is 6.92 Å². The highest BCUT2D eigenvalue weighted by molar-refractivity contribution is 14.1. The van der Waals surface area contributed by atoms with E-state index < -0.39 is 0 Å². The van der Waals surface area contributed by atoms with Crippen molar-refractivity contribution in [1.82, 2.24) is 9.47 Å². The molecule has 2 aromatic rings. The first-order valence-electron chi connectivity index (χ1n) is 6.79. The summed E-state index contributed by atoms with van der Waals surface area (Å²) in [6.07, 6.45) is 3.90. The predicted octanol–water partition coefficient (Wildman–Crippen LogP) is 4.30. The van der Waals surface area contributed by atoms with Gasteiger partial charge in [-0.15, -0.1) is 0 Å². The van der Waals surface area contributed by atoms with Crippen LogP contribution in [0.15, 0.2) is 47.5 Å². The highest BCUT2D eigenvalue weighted by Crippen LogP contribution is 2.32. The molecular weight excluding hydrogens is 427 g/mol. The average molecular weight is 440 g/mol. The van der Waals surface area contributed by atoms with E-state index in [2.05, 4.69) is 51.4 Å². The number of thioether (sulfide) groups is 1. The lowest BCUT2D eigenvalue weighted by Crippen LogP contribution is -2.27. The molecule has 0 spiro atoms. The third-order valence-electron chi connectivity index (χ3n) is 3.35. The molecule has 0 aliphatic carbocycles. The second kappa shape index (κ2) is 6.55. The van der Waals surface area contributed by atoms with E-state index in [0.717, 1.165) is 11.4 Å². The van der Waals surface area contributed by atoms with Crippen molar-refractivity contribution < 1.29 is 4.79 Å². The van der Waals surface area contributed by atoms with Crippen molar-refractivity contribution in [3.8, 4) is 5.69 Å². The zero-order valence-corrected chi connectivity index (χ0v) is 15.6. The molecule has 1 saturated heterocycles. The number of hydrogen-bond donors (Lipinski definition) is 0. The number of thiocarbonyl (C=S) groups is 1. The number of carbonyl (C=O) groups is 1. The van der Waals surface area contributed by atoms with Gasteiger partial charge >= 0.3 is 0 Å². The van der Waals surface area contributed by atoms with Crippen molar-refractivity contribution in [2.24, 2.45) is 0 Å². The molecule has 1 aromatic carbocycles. The van der Waals surface area contributed by atoms with Crippen molar-refractivity contribution in [1.29, 1.82) is 0 Å². The topological polar surface area (TPSA) is 25.2 Å². The Bertz CT molecular complexity index is 765. The van der Waals surface area contributed by atoms with Crippen molar-refractivity contribution in [2.75, 3.05) is 6.54 Å². The van der Waals surface area contributed by atoms with Gasteiger partial charge in [0.1, 0.15) is 4.32 Å². The second-order valence-corrected chi connectivity index (χ2v) is 7.63. The second-order valence-electron chi connectivity index (χ2n) is 4.71. The summed E-state index contributed by atoms with van der Waals surface area (Å²) in [5, 5.41) is 0. The monoisotopic (exact) mass is 440 g/mol. The maximum absolute atomic E-state index is 12.3. The lowest BCUT2D eigenvalue weighted by atomic mass is 10.3. The van der Waals surface area contributed by atoms with Crippen molar-refractivity contribution >= 4 is 62.9 Å². The zero-order valence-electron chi connectivity index (χ0n) is 11.8. The predicted molar refractivity (Wildman–Crippen MR) is 104 cm³/mol. The van der Waals surface area contributed by atoms with E-state index >= 15 is 0 Å². The number of carbonyl (C=O) groups excluding carboxylic acids is 1. The van der Waals surface area contributed by atoms with Crippen LogP contribution < -0.4 is 0 Å². The molecule has 6 heteroatoms. The minimum atomic E-state index is -0.00661. The number of amides is 1. The Balaban J connectivity index is 1.96. The molecule has 1 aromatic heterocycles. The van der Waals surface area contributed by atoms with Crippen LogP contribution in [-0.2, 0) is 4.79 Å². The number of likely N-dealkylation sites (N-methyl/N-ethyl adjacent to an activating group) is 1. The SMILES string of the molecule is CCN1C(=O)/C(=C/c2cccn2-c2ccc(I)cc2)SC1=S. The summed E-state index contributed by atoms with van der Waals surface area (Å²) in [4.78, 5) is 14.6. The molecule has 1 fully saturated rings. The Morgan fingerprint density at radius 2 is 2.00 bits per heavy atom. The van der Waals surface area contributed by atoms with E-state index in [-0.39, 0.29) is 5.91 Å². The van der Waals surface area contributed by atoms with Gasteiger partial charge in [-0.2, -0.15) is 0 Å². The Morgan fingerprint density at radius 3 is 2.64 bits per heavy atom. The molecular formula is C16H13IN2OS2. The molecule has 0 saturated carbocycles. The smallest absolute Gasteiger partial charge is 0.266 e. The van der Waals surface area contributed by atoms with Gasteiger partial charge in [0.2, 0.25) is 0 Å². The molecule has 3 nitrogen and oxygen atoms in total. The molecule has 0 bridgehead atoms. The summed E-state index contributed by atoms with van der Waals surface area (Å²) in [6.45, 7) is 2.54. The lowest BCUT2D eigenvalue weighted by Gasteiger charge is -2.10. The van der Waals surface area contributed by atoms with Gasteiger partial charge in [0.25, 0.3) is 5.91 Å². The number of aromatic nitrogens is 1. The van der Waals surface area contributed by atoms with Gasteiger partial charge in [0, 0.05) is 27.7 Å². The molecule has 112 valence electrons. The maximum Gasteiger partial charge on any atom is 0.266 e.